The molecule has 0 spiro atoms. The van der Waals surface area contributed by atoms with E-state index in [1.807, 2.05) is 12.4 Å². The number of halogens is 1. The molecule has 2 aromatic rings. The average Bonchev–Trinajstić information content (AvgIpc) is 2.83. The van der Waals surface area contributed by atoms with Crippen LogP contribution in [-0.4, -0.2) is 17.9 Å². The van der Waals surface area contributed by atoms with Gasteiger partial charge in [-0.05, 0) is 48.1 Å². The van der Waals surface area contributed by atoms with Crippen molar-refractivity contribution < 1.29 is 9.18 Å². The van der Waals surface area contributed by atoms with Crippen molar-refractivity contribution in [3.05, 3.63) is 57.5 Å². The van der Waals surface area contributed by atoms with Gasteiger partial charge in [-0.15, -0.1) is 11.3 Å². The Hall–Kier alpha value is -1.68. The third-order valence-corrected chi connectivity index (χ3v) is 4.32. The van der Waals surface area contributed by atoms with E-state index < -0.39 is 0 Å². The van der Waals surface area contributed by atoms with E-state index in [9.17, 15) is 9.18 Å². The highest BCUT2D eigenvalue weighted by molar-refractivity contribution is 7.10. The van der Waals surface area contributed by atoms with Gasteiger partial charge in [-0.1, -0.05) is 12.1 Å². The maximum Gasteiger partial charge on any atom is 0.222 e. The van der Waals surface area contributed by atoms with Gasteiger partial charge in [0.25, 0.3) is 0 Å². The number of amides is 1. The third-order valence-electron chi connectivity index (χ3n) is 3.32. The van der Waals surface area contributed by atoms with Crippen LogP contribution in [0.15, 0.2) is 35.7 Å². The predicted octanol–water partition coefficient (Wildman–Crippen LogP) is 3.79. The lowest BCUT2D eigenvalue weighted by molar-refractivity contribution is -0.130. The Kier molecular flexibility index (Phi) is 4.90. The molecule has 0 saturated carbocycles. The van der Waals surface area contributed by atoms with Gasteiger partial charge < -0.3 is 4.90 Å². The maximum atomic E-state index is 12.8. The number of nitrogens with zero attached hydrogens (tertiary/aromatic N) is 1. The quantitative estimate of drug-likeness (QED) is 0.821. The van der Waals surface area contributed by atoms with E-state index in [0.29, 0.717) is 19.4 Å². The van der Waals surface area contributed by atoms with E-state index in [1.165, 1.54) is 22.6 Å². The lowest BCUT2D eigenvalue weighted by atomic mass is 10.1. The first kappa shape index (κ1) is 14.7. The third kappa shape index (κ3) is 3.90. The van der Waals surface area contributed by atoms with Crippen molar-refractivity contribution in [2.45, 2.75) is 26.3 Å². The highest BCUT2D eigenvalue weighted by Gasteiger charge is 2.11. The van der Waals surface area contributed by atoms with E-state index in [1.54, 1.807) is 28.4 Å². The van der Waals surface area contributed by atoms with Crippen molar-refractivity contribution in [2.24, 2.45) is 0 Å². The minimum atomic E-state index is -0.245. The summed E-state index contributed by atoms with van der Waals surface area (Å²) in [5.74, 6) is -0.132. The van der Waals surface area contributed by atoms with Crippen LogP contribution >= 0.6 is 11.3 Å². The molecule has 0 bridgehead atoms. The van der Waals surface area contributed by atoms with Gasteiger partial charge in [-0.2, -0.15) is 0 Å². The average molecular weight is 291 g/mol. The number of aryl methyl sites for hydroxylation is 2. The van der Waals surface area contributed by atoms with Gasteiger partial charge in [-0.3, -0.25) is 4.79 Å². The number of thiophene rings is 1. The molecule has 4 heteroatoms. The molecule has 20 heavy (non-hydrogen) atoms. The molecule has 0 unspecified atom stereocenters. The van der Waals surface area contributed by atoms with Crippen molar-refractivity contribution >= 4 is 17.2 Å². The lowest BCUT2D eigenvalue weighted by Gasteiger charge is -2.17. The molecule has 2 nitrogen and oxygen atoms in total. The van der Waals surface area contributed by atoms with E-state index >= 15 is 0 Å². The molecule has 0 saturated heterocycles. The zero-order valence-electron chi connectivity index (χ0n) is 11.7. The van der Waals surface area contributed by atoms with Crippen molar-refractivity contribution in [1.29, 1.82) is 0 Å². The standard InChI is InChI=1S/C16H18FNOS/c1-12-9-10-20-15(12)11-18(2)16(19)8-5-13-3-6-14(17)7-4-13/h3-4,6-7,9-10H,5,8,11H2,1-2H3. The van der Waals surface area contributed by atoms with E-state index in [0.717, 1.165) is 5.56 Å². The topological polar surface area (TPSA) is 20.3 Å². The maximum absolute atomic E-state index is 12.8. The fourth-order valence-corrected chi connectivity index (χ4v) is 2.92. The van der Waals surface area contributed by atoms with Crippen molar-refractivity contribution in [1.82, 2.24) is 4.90 Å². The van der Waals surface area contributed by atoms with Crippen molar-refractivity contribution in [2.75, 3.05) is 7.05 Å². The molecule has 2 rings (SSSR count). The molecule has 0 radical (unpaired) electrons. The fraction of sp³-hybridized carbons (Fsp3) is 0.312. The second kappa shape index (κ2) is 6.66. The van der Waals surface area contributed by atoms with E-state index in [2.05, 4.69) is 13.0 Å². The minimum absolute atomic E-state index is 0.113. The van der Waals surface area contributed by atoms with Crippen molar-refractivity contribution in [3.8, 4) is 0 Å². The van der Waals surface area contributed by atoms with Crippen LogP contribution in [0.1, 0.15) is 22.4 Å². The summed E-state index contributed by atoms with van der Waals surface area (Å²) in [7, 11) is 1.83. The molecule has 0 N–H and O–H groups in total. The summed E-state index contributed by atoms with van der Waals surface area (Å²) >= 11 is 1.68. The molecular weight excluding hydrogens is 273 g/mol. The zero-order chi connectivity index (χ0) is 14.5. The summed E-state index contributed by atoms with van der Waals surface area (Å²) in [6, 6.07) is 8.38. The molecule has 1 heterocycles. The number of hydrogen-bond acceptors (Lipinski definition) is 2. The van der Waals surface area contributed by atoms with Gasteiger partial charge in [0.2, 0.25) is 5.91 Å². The Morgan fingerprint density at radius 2 is 1.95 bits per heavy atom. The Labute approximate surface area is 122 Å². The minimum Gasteiger partial charge on any atom is -0.341 e. The summed E-state index contributed by atoms with van der Waals surface area (Å²) in [6.45, 7) is 2.72. The van der Waals surface area contributed by atoms with Crippen molar-refractivity contribution in [3.63, 3.8) is 0 Å². The molecule has 0 atom stereocenters. The molecule has 1 aromatic heterocycles. The molecule has 0 aliphatic heterocycles. The second-order valence-electron chi connectivity index (χ2n) is 4.90. The van der Waals surface area contributed by atoms with Gasteiger partial charge in [0, 0.05) is 18.3 Å². The summed E-state index contributed by atoms with van der Waals surface area (Å²) in [5.41, 5.74) is 2.22. The molecular formula is C16H18FNOS. The van der Waals surface area contributed by atoms with Crippen LogP contribution < -0.4 is 0 Å². The fourth-order valence-electron chi connectivity index (χ4n) is 1.96. The largest absolute Gasteiger partial charge is 0.341 e. The summed E-state index contributed by atoms with van der Waals surface area (Å²) < 4.78 is 12.8. The summed E-state index contributed by atoms with van der Waals surface area (Å²) in [5, 5.41) is 2.04. The normalized spacial score (nSPS) is 10.6. The molecule has 106 valence electrons. The lowest BCUT2D eigenvalue weighted by Crippen LogP contribution is -2.26. The van der Waals surface area contributed by atoms with Crippen LogP contribution in [0.4, 0.5) is 4.39 Å². The van der Waals surface area contributed by atoms with Gasteiger partial charge in [0.1, 0.15) is 5.82 Å². The highest BCUT2D eigenvalue weighted by atomic mass is 32.1. The summed E-state index contributed by atoms with van der Waals surface area (Å²) in [6.07, 6.45) is 1.10. The number of carbonyl (C=O) groups is 1. The SMILES string of the molecule is Cc1ccsc1CN(C)C(=O)CCc1ccc(F)cc1. The molecule has 1 amide bonds. The van der Waals surface area contributed by atoms with E-state index in [4.69, 9.17) is 0 Å². The first-order valence-corrected chi connectivity index (χ1v) is 7.45. The molecule has 1 aromatic carbocycles. The van der Waals surface area contributed by atoms with Crippen LogP contribution in [0.2, 0.25) is 0 Å². The Bertz CT molecular complexity index is 576. The van der Waals surface area contributed by atoms with Gasteiger partial charge >= 0.3 is 0 Å². The Balaban J connectivity index is 1.85. The number of rotatable bonds is 5. The Morgan fingerprint density at radius 3 is 2.55 bits per heavy atom. The van der Waals surface area contributed by atoms with Crippen LogP contribution in [0.3, 0.4) is 0 Å². The first-order chi connectivity index (χ1) is 9.56. The summed E-state index contributed by atoms with van der Waals surface area (Å²) in [4.78, 5) is 15.1. The van der Waals surface area contributed by atoms with Crippen LogP contribution in [0.25, 0.3) is 0 Å². The highest BCUT2D eigenvalue weighted by Crippen LogP contribution is 2.17. The first-order valence-electron chi connectivity index (χ1n) is 6.57. The van der Waals surface area contributed by atoms with Gasteiger partial charge in [0.15, 0.2) is 0 Å². The van der Waals surface area contributed by atoms with Gasteiger partial charge in [-0.25, -0.2) is 4.39 Å². The van der Waals surface area contributed by atoms with Crippen LogP contribution in [0, 0.1) is 12.7 Å². The number of benzene rings is 1. The Morgan fingerprint density at radius 1 is 1.25 bits per heavy atom. The van der Waals surface area contributed by atoms with Gasteiger partial charge in [0.05, 0.1) is 6.54 Å². The monoisotopic (exact) mass is 291 g/mol. The second-order valence-corrected chi connectivity index (χ2v) is 5.90. The van der Waals surface area contributed by atoms with E-state index in [-0.39, 0.29) is 11.7 Å². The van der Waals surface area contributed by atoms with Crippen LogP contribution in [0.5, 0.6) is 0 Å². The number of hydrogen-bond donors (Lipinski definition) is 0. The smallest absolute Gasteiger partial charge is 0.222 e. The zero-order valence-corrected chi connectivity index (χ0v) is 12.5. The number of carbonyl (C=O) groups excluding carboxylic acids is 1. The molecule has 0 fully saturated rings. The predicted molar refractivity (Wildman–Crippen MR) is 80.3 cm³/mol. The molecule has 0 aliphatic rings. The molecule has 0 aliphatic carbocycles. The van der Waals surface area contributed by atoms with Crippen LogP contribution in [-0.2, 0) is 17.8 Å².